The van der Waals surface area contributed by atoms with Crippen LogP contribution in [0.3, 0.4) is 0 Å². The summed E-state index contributed by atoms with van der Waals surface area (Å²) in [5.74, 6) is 0. The Bertz CT molecular complexity index is 111. The second-order valence-electron chi connectivity index (χ2n) is 3.54. The van der Waals surface area contributed by atoms with Crippen molar-refractivity contribution >= 4 is 0 Å². The van der Waals surface area contributed by atoms with Gasteiger partial charge in [-0.1, -0.05) is 27.7 Å². The Kier molecular flexibility index (Phi) is 8.20. The van der Waals surface area contributed by atoms with Crippen molar-refractivity contribution < 1.29 is 4.74 Å². The van der Waals surface area contributed by atoms with Crippen LogP contribution in [0.5, 0.6) is 0 Å². The van der Waals surface area contributed by atoms with Gasteiger partial charge in [-0.2, -0.15) is 0 Å². The van der Waals surface area contributed by atoms with Gasteiger partial charge in [-0.25, -0.2) is 0 Å². The summed E-state index contributed by atoms with van der Waals surface area (Å²) >= 11 is 0. The van der Waals surface area contributed by atoms with Gasteiger partial charge in [0.15, 0.2) is 0 Å². The summed E-state index contributed by atoms with van der Waals surface area (Å²) < 4.78 is 5.33. The molecule has 2 heteroatoms. The van der Waals surface area contributed by atoms with Crippen LogP contribution in [0.2, 0.25) is 0 Å². The summed E-state index contributed by atoms with van der Waals surface area (Å²) in [4.78, 5) is 0. The van der Waals surface area contributed by atoms with E-state index in [0.717, 1.165) is 13.2 Å². The minimum absolute atomic E-state index is 0.637. The van der Waals surface area contributed by atoms with Crippen molar-refractivity contribution in [1.29, 1.82) is 0 Å². The number of hydrogen-bond donors (Lipinski definition) is 1. The summed E-state index contributed by atoms with van der Waals surface area (Å²) in [7, 11) is 0. The molecule has 1 N–H and O–H groups in total. The van der Waals surface area contributed by atoms with Crippen LogP contribution in [0.25, 0.3) is 0 Å². The SMILES string of the molecule is C1CC2(CCOCC2)CN1.CC.CC. The Morgan fingerprint density at radius 2 is 1.50 bits per heavy atom. The lowest BCUT2D eigenvalue weighted by molar-refractivity contribution is 0.0246. The molecule has 0 amide bonds. The highest BCUT2D eigenvalue weighted by Gasteiger charge is 2.34. The highest BCUT2D eigenvalue weighted by Crippen LogP contribution is 2.35. The van der Waals surface area contributed by atoms with Gasteiger partial charge in [0.2, 0.25) is 0 Å². The lowest BCUT2D eigenvalue weighted by atomic mass is 9.80. The summed E-state index contributed by atoms with van der Waals surface area (Å²) in [6.45, 7) is 12.4. The van der Waals surface area contributed by atoms with E-state index in [-0.39, 0.29) is 0 Å². The molecule has 2 aliphatic heterocycles. The predicted octanol–water partition coefficient (Wildman–Crippen LogP) is 2.83. The highest BCUT2D eigenvalue weighted by atomic mass is 16.5. The van der Waals surface area contributed by atoms with Crippen molar-refractivity contribution in [3.05, 3.63) is 0 Å². The molecule has 0 aliphatic carbocycles. The van der Waals surface area contributed by atoms with Crippen molar-refractivity contribution in [1.82, 2.24) is 5.32 Å². The Labute approximate surface area is 89.4 Å². The average Bonchev–Trinajstić information content (AvgIpc) is 2.73. The molecule has 0 aromatic rings. The highest BCUT2D eigenvalue weighted by molar-refractivity contribution is 4.89. The quantitative estimate of drug-likeness (QED) is 0.650. The van der Waals surface area contributed by atoms with Gasteiger partial charge in [0, 0.05) is 19.8 Å². The van der Waals surface area contributed by atoms with Gasteiger partial charge in [0.1, 0.15) is 0 Å². The van der Waals surface area contributed by atoms with E-state index in [1.165, 1.54) is 32.4 Å². The zero-order chi connectivity index (χ0) is 10.9. The van der Waals surface area contributed by atoms with Gasteiger partial charge in [-0.15, -0.1) is 0 Å². The molecule has 0 atom stereocenters. The molecule has 0 bridgehead atoms. The van der Waals surface area contributed by atoms with E-state index >= 15 is 0 Å². The van der Waals surface area contributed by atoms with Crippen LogP contribution < -0.4 is 5.32 Å². The molecule has 2 aliphatic rings. The average molecular weight is 201 g/mol. The summed E-state index contributed by atoms with van der Waals surface area (Å²) in [5, 5.41) is 3.43. The van der Waals surface area contributed by atoms with Crippen LogP contribution in [0.4, 0.5) is 0 Å². The topological polar surface area (TPSA) is 21.3 Å². The normalized spacial score (nSPS) is 23.1. The first-order valence-corrected chi connectivity index (χ1v) is 6.20. The molecule has 0 radical (unpaired) electrons. The largest absolute Gasteiger partial charge is 0.381 e. The minimum Gasteiger partial charge on any atom is -0.381 e. The monoisotopic (exact) mass is 201 g/mol. The van der Waals surface area contributed by atoms with Crippen LogP contribution in [0.15, 0.2) is 0 Å². The fourth-order valence-corrected chi connectivity index (χ4v) is 2.03. The molecule has 2 heterocycles. The van der Waals surface area contributed by atoms with Gasteiger partial charge >= 0.3 is 0 Å². The molecule has 86 valence electrons. The maximum atomic E-state index is 5.33. The summed E-state index contributed by atoms with van der Waals surface area (Å²) in [6.07, 6.45) is 3.93. The first-order valence-electron chi connectivity index (χ1n) is 6.20. The van der Waals surface area contributed by atoms with E-state index in [2.05, 4.69) is 5.32 Å². The molecule has 2 fully saturated rings. The van der Waals surface area contributed by atoms with Crippen LogP contribution in [0, 0.1) is 5.41 Å². The Morgan fingerprint density at radius 1 is 0.929 bits per heavy atom. The summed E-state index contributed by atoms with van der Waals surface area (Å²) in [5.41, 5.74) is 0.637. The van der Waals surface area contributed by atoms with Crippen LogP contribution in [-0.2, 0) is 4.74 Å². The van der Waals surface area contributed by atoms with E-state index in [4.69, 9.17) is 4.74 Å². The maximum Gasteiger partial charge on any atom is 0.0471 e. The molecule has 2 nitrogen and oxygen atoms in total. The van der Waals surface area contributed by atoms with E-state index in [1.807, 2.05) is 27.7 Å². The Morgan fingerprint density at radius 3 is 1.93 bits per heavy atom. The second kappa shape index (κ2) is 8.25. The Hall–Kier alpha value is -0.0800. The lowest BCUT2D eigenvalue weighted by Gasteiger charge is -2.32. The Balaban J connectivity index is 0.000000379. The van der Waals surface area contributed by atoms with Gasteiger partial charge < -0.3 is 10.1 Å². The fourth-order valence-electron chi connectivity index (χ4n) is 2.03. The molecule has 2 rings (SSSR count). The number of rotatable bonds is 0. The third-order valence-electron chi connectivity index (χ3n) is 2.89. The van der Waals surface area contributed by atoms with Crippen LogP contribution in [0.1, 0.15) is 47.0 Å². The summed E-state index contributed by atoms with van der Waals surface area (Å²) in [6, 6.07) is 0. The van der Waals surface area contributed by atoms with Gasteiger partial charge in [-0.05, 0) is 31.2 Å². The molecule has 0 aromatic carbocycles. The molecular formula is C12H27NO. The third kappa shape index (κ3) is 3.97. The predicted molar refractivity (Wildman–Crippen MR) is 62.7 cm³/mol. The van der Waals surface area contributed by atoms with Gasteiger partial charge in [-0.3, -0.25) is 0 Å². The molecule has 0 saturated carbocycles. The van der Waals surface area contributed by atoms with Crippen LogP contribution in [-0.4, -0.2) is 26.3 Å². The van der Waals surface area contributed by atoms with E-state index in [0.29, 0.717) is 5.41 Å². The van der Waals surface area contributed by atoms with E-state index < -0.39 is 0 Å². The number of nitrogens with one attached hydrogen (secondary N) is 1. The van der Waals surface area contributed by atoms with Gasteiger partial charge in [0.05, 0.1) is 0 Å². The van der Waals surface area contributed by atoms with Crippen LogP contribution >= 0.6 is 0 Å². The zero-order valence-corrected chi connectivity index (χ0v) is 10.4. The number of ether oxygens (including phenoxy) is 1. The van der Waals surface area contributed by atoms with Crippen molar-refractivity contribution in [2.75, 3.05) is 26.3 Å². The van der Waals surface area contributed by atoms with E-state index in [1.54, 1.807) is 0 Å². The van der Waals surface area contributed by atoms with E-state index in [9.17, 15) is 0 Å². The van der Waals surface area contributed by atoms with Crippen molar-refractivity contribution in [2.24, 2.45) is 5.41 Å². The second-order valence-corrected chi connectivity index (χ2v) is 3.54. The molecular weight excluding hydrogens is 174 g/mol. The molecule has 1 spiro atoms. The molecule has 0 aromatic heterocycles. The molecule has 2 saturated heterocycles. The molecule has 14 heavy (non-hydrogen) atoms. The first-order chi connectivity index (χ1) is 6.91. The molecule has 0 unspecified atom stereocenters. The third-order valence-corrected chi connectivity index (χ3v) is 2.89. The first kappa shape index (κ1) is 13.9. The lowest BCUT2D eigenvalue weighted by Crippen LogP contribution is -2.31. The van der Waals surface area contributed by atoms with Crippen molar-refractivity contribution in [3.63, 3.8) is 0 Å². The fraction of sp³-hybridized carbons (Fsp3) is 1.00. The smallest absolute Gasteiger partial charge is 0.0471 e. The van der Waals surface area contributed by atoms with Crippen molar-refractivity contribution in [3.8, 4) is 0 Å². The van der Waals surface area contributed by atoms with Gasteiger partial charge in [0.25, 0.3) is 0 Å². The maximum absolute atomic E-state index is 5.33. The zero-order valence-electron chi connectivity index (χ0n) is 10.4. The van der Waals surface area contributed by atoms with Crippen molar-refractivity contribution in [2.45, 2.75) is 47.0 Å². The number of hydrogen-bond acceptors (Lipinski definition) is 2. The standard InChI is InChI=1S/C8H15NO.2C2H6/c1-4-9-7-8(1)2-5-10-6-3-8;2*1-2/h9H,1-7H2;2*1-2H3. The minimum atomic E-state index is 0.637.